The van der Waals surface area contributed by atoms with E-state index in [0.717, 1.165) is 5.57 Å². The van der Waals surface area contributed by atoms with Crippen LogP contribution in [0.4, 0.5) is 10.5 Å². The number of carbonyl (C=O) groups is 1. The van der Waals surface area contributed by atoms with Crippen molar-refractivity contribution in [2.24, 2.45) is 5.73 Å². The molecule has 0 aliphatic heterocycles. The number of benzene rings is 1. The first-order chi connectivity index (χ1) is 9.23. The number of amides is 1. The highest BCUT2D eigenvalue weighted by atomic mass is 16.6. The van der Waals surface area contributed by atoms with E-state index in [2.05, 4.69) is 11.9 Å². The number of phenols is 1. The average molecular weight is 278 g/mol. The van der Waals surface area contributed by atoms with Gasteiger partial charge >= 0.3 is 6.09 Å². The maximum atomic E-state index is 11.7. The van der Waals surface area contributed by atoms with Gasteiger partial charge in [0.1, 0.15) is 11.4 Å². The topological polar surface area (TPSA) is 84.6 Å². The number of hydrogen-bond donors (Lipinski definition) is 3. The fourth-order valence-corrected chi connectivity index (χ4v) is 1.63. The number of ether oxygens (including phenoxy) is 1. The van der Waals surface area contributed by atoms with E-state index in [9.17, 15) is 9.90 Å². The van der Waals surface area contributed by atoms with Crippen molar-refractivity contribution in [1.29, 1.82) is 0 Å². The van der Waals surface area contributed by atoms with Gasteiger partial charge in [-0.05, 0) is 57.5 Å². The molecule has 5 nitrogen and oxygen atoms in total. The van der Waals surface area contributed by atoms with Gasteiger partial charge in [0.05, 0.1) is 0 Å². The van der Waals surface area contributed by atoms with Gasteiger partial charge in [0.2, 0.25) is 0 Å². The normalized spacial score (nSPS) is 11.0. The van der Waals surface area contributed by atoms with Crippen LogP contribution in [-0.4, -0.2) is 23.3 Å². The lowest BCUT2D eigenvalue weighted by molar-refractivity contribution is 0.0636. The van der Waals surface area contributed by atoms with Crippen molar-refractivity contribution in [2.75, 3.05) is 11.9 Å². The zero-order valence-corrected chi connectivity index (χ0v) is 12.2. The number of phenolic OH excluding ortho intramolecular Hbond substituents is 1. The molecule has 0 unspecified atom stereocenters. The first-order valence-electron chi connectivity index (χ1n) is 6.44. The number of nitrogens with one attached hydrogen (secondary N) is 1. The molecule has 1 amide bonds. The van der Waals surface area contributed by atoms with Crippen LogP contribution >= 0.6 is 0 Å². The predicted molar refractivity (Wildman–Crippen MR) is 80.7 cm³/mol. The molecular weight excluding hydrogens is 256 g/mol. The van der Waals surface area contributed by atoms with Crippen molar-refractivity contribution in [3.63, 3.8) is 0 Å². The SMILES string of the molecule is C=C(CCN)c1cc(NC(=O)OC(C)(C)C)ccc1O. The summed E-state index contributed by atoms with van der Waals surface area (Å²) in [6.45, 7) is 9.69. The Morgan fingerprint density at radius 1 is 1.45 bits per heavy atom. The number of aromatic hydroxyl groups is 1. The second kappa shape index (κ2) is 6.43. The number of anilines is 1. The minimum atomic E-state index is -0.563. The lowest BCUT2D eigenvalue weighted by atomic mass is 10.0. The fourth-order valence-electron chi connectivity index (χ4n) is 1.63. The molecule has 0 atom stereocenters. The van der Waals surface area contributed by atoms with Crippen molar-refractivity contribution in [3.8, 4) is 5.75 Å². The predicted octanol–water partition coefficient (Wildman–Crippen LogP) is 3.10. The first kappa shape index (κ1) is 16.0. The van der Waals surface area contributed by atoms with Crippen LogP contribution in [0.25, 0.3) is 5.57 Å². The zero-order valence-electron chi connectivity index (χ0n) is 12.2. The van der Waals surface area contributed by atoms with Crippen LogP contribution in [-0.2, 0) is 4.74 Å². The van der Waals surface area contributed by atoms with Crippen molar-refractivity contribution < 1.29 is 14.6 Å². The van der Waals surface area contributed by atoms with Crippen molar-refractivity contribution in [1.82, 2.24) is 0 Å². The summed E-state index contributed by atoms with van der Waals surface area (Å²) in [7, 11) is 0. The molecule has 0 saturated heterocycles. The fraction of sp³-hybridized carbons (Fsp3) is 0.400. The second-order valence-corrected chi connectivity index (χ2v) is 5.50. The first-order valence-corrected chi connectivity index (χ1v) is 6.44. The Hall–Kier alpha value is -2.01. The van der Waals surface area contributed by atoms with Crippen LogP contribution in [0.1, 0.15) is 32.8 Å². The Balaban J connectivity index is 2.85. The van der Waals surface area contributed by atoms with Crippen LogP contribution in [0, 0.1) is 0 Å². The molecule has 20 heavy (non-hydrogen) atoms. The van der Waals surface area contributed by atoms with E-state index >= 15 is 0 Å². The van der Waals surface area contributed by atoms with E-state index in [1.807, 2.05) is 0 Å². The molecule has 0 heterocycles. The standard InChI is InChI=1S/C15H22N2O3/c1-10(7-8-16)12-9-11(5-6-13(12)18)17-14(19)20-15(2,3)4/h5-6,9,18H,1,7-8,16H2,2-4H3,(H,17,19). The molecule has 0 spiro atoms. The molecule has 1 aromatic rings. The summed E-state index contributed by atoms with van der Waals surface area (Å²) in [5.41, 5.74) is 6.74. The maximum absolute atomic E-state index is 11.7. The molecular formula is C15H22N2O3. The van der Waals surface area contributed by atoms with Crippen molar-refractivity contribution in [3.05, 3.63) is 30.3 Å². The van der Waals surface area contributed by atoms with Gasteiger partial charge in [-0.1, -0.05) is 6.58 Å². The molecule has 0 fully saturated rings. The van der Waals surface area contributed by atoms with Gasteiger partial charge in [-0.3, -0.25) is 5.32 Å². The molecule has 5 heteroatoms. The molecule has 0 saturated carbocycles. The minimum Gasteiger partial charge on any atom is -0.507 e. The number of rotatable bonds is 4. The highest BCUT2D eigenvalue weighted by molar-refractivity contribution is 5.86. The lowest BCUT2D eigenvalue weighted by Gasteiger charge is -2.20. The van der Waals surface area contributed by atoms with Gasteiger partial charge in [0.15, 0.2) is 0 Å². The molecule has 0 bridgehead atoms. The van der Waals surface area contributed by atoms with Crippen LogP contribution in [0.2, 0.25) is 0 Å². The molecule has 0 aromatic heterocycles. The minimum absolute atomic E-state index is 0.109. The Morgan fingerprint density at radius 2 is 2.10 bits per heavy atom. The summed E-state index contributed by atoms with van der Waals surface area (Å²) < 4.78 is 5.16. The summed E-state index contributed by atoms with van der Waals surface area (Å²) in [4.78, 5) is 11.7. The molecule has 110 valence electrons. The van der Waals surface area contributed by atoms with Gasteiger partial charge in [-0.15, -0.1) is 0 Å². The van der Waals surface area contributed by atoms with Gasteiger partial charge in [0, 0.05) is 11.3 Å². The quantitative estimate of drug-likeness (QED) is 0.739. The molecule has 1 aromatic carbocycles. The van der Waals surface area contributed by atoms with E-state index in [1.54, 1.807) is 32.9 Å². The maximum Gasteiger partial charge on any atom is 0.412 e. The van der Waals surface area contributed by atoms with Crippen LogP contribution < -0.4 is 11.1 Å². The Bertz CT molecular complexity index is 504. The number of hydrogen-bond acceptors (Lipinski definition) is 4. The smallest absolute Gasteiger partial charge is 0.412 e. The Labute approximate surface area is 119 Å². The molecule has 1 rings (SSSR count). The van der Waals surface area contributed by atoms with Gasteiger partial charge in [-0.25, -0.2) is 4.79 Å². The van der Waals surface area contributed by atoms with Gasteiger partial charge in [-0.2, -0.15) is 0 Å². The van der Waals surface area contributed by atoms with E-state index in [1.165, 1.54) is 6.07 Å². The summed E-state index contributed by atoms with van der Waals surface area (Å²) in [6, 6.07) is 4.75. The van der Waals surface area contributed by atoms with E-state index in [4.69, 9.17) is 10.5 Å². The Kier molecular flexibility index (Phi) is 5.16. The number of carbonyl (C=O) groups excluding carboxylic acids is 1. The molecule has 0 aliphatic rings. The molecule has 4 N–H and O–H groups in total. The number of nitrogens with two attached hydrogens (primary N) is 1. The molecule has 0 radical (unpaired) electrons. The monoisotopic (exact) mass is 278 g/mol. The molecule has 0 aliphatic carbocycles. The zero-order chi connectivity index (χ0) is 15.3. The van der Waals surface area contributed by atoms with Crippen LogP contribution in [0.15, 0.2) is 24.8 Å². The third kappa shape index (κ3) is 4.93. The van der Waals surface area contributed by atoms with E-state index in [0.29, 0.717) is 24.2 Å². The average Bonchev–Trinajstić information content (AvgIpc) is 2.29. The van der Waals surface area contributed by atoms with Gasteiger partial charge in [0.25, 0.3) is 0 Å². The van der Waals surface area contributed by atoms with Crippen LogP contribution in [0.5, 0.6) is 5.75 Å². The third-order valence-corrected chi connectivity index (χ3v) is 2.47. The van der Waals surface area contributed by atoms with Gasteiger partial charge < -0.3 is 15.6 Å². The van der Waals surface area contributed by atoms with Crippen molar-refractivity contribution in [2.45, 2.75) is 32.8 Å². The highest BCUT2D eigenvalue weighted by Crippen LogP contribution is 2.29. The third-order valence-electron chi connectivity index (χ3n) is 2.47. The highest BCUT2D eigenvalue weighted by Gasteiger charge is 2.16. The second-order valence-electron chi connectivity index (χ2n) is 5.50. The summed E-state index contributed by atoms with van der Waals surface area (Å²) in [6.07, 6.45) is 0.0299. The summed E-state index contributed by atoms with van der Waals surface area (Å²) in [5.74, 6) is 0.109. The Morgan fingerprint density at radius 3 is 2.65 bits per heavy atom. The van der Waals surface area contributed by atoms with Crippen molar-refractivity contribution >= 4 is 17.4 Å². The lowest BCUT2D eigenvalue weighted by Crippen LogP contribution is -2.27. The summed E-state index contributed by atoms with van der Waals surface area (Å²) >= 11 is 0. The summed E-state index contributed by atoms with van der Waals surface area (Å²) in [5, 5.41) is 12.4. The van der Waals surface area contributed by atoms with E-state index in [-0.39, 0.29) is 5.75 Å². The van der Waals surface area contributed by atoms with E-state index < -0.39 is 11.7 Å². The largest absolute Gasteiger partial charge is 0.507 e. The van der Waals surface area contributed by atoms with Crippen LogP contribution in [0.3, 0.4) is 0 Å².